The monoisotopic (exact) mass is 369 g/mol. The molecule has 2 heterocycles. The third-order valence-electron chi connectivity index (χ3n) is 4.79. The highest BCUT2D eigenvalue weighted by atomic mass is 16.2. The first-order valence-corrected chi connectivity index (χ1v) is 8.94. The van der Waals surface area contributed by atoms with E-state index in [-0.39, 0.29) is 5.69 Å². The summed E-state index contributed by atoms with van der Waals surface area (Å²) in [6.45, 7) is 6.03. The Morgan fingerprint density at radius 1 is 1.15 bits per heavy atom. The third-order valence-corrected chi connectivity index (χ3v) is 4.79. The maximum absolute atomic E-state index is 12.2. The van der Waals surface area contributed by atoms with Crippen LogP contribution in [0.5, 0.6) is 0 Å². The molecule has 8 heteroatoms. The normalized spacial score (nSPS) is 11.6. The summed E-state index contributed by atoms with van der Waals surface area (Å²) in [6.07, 6.45) is 2.25. The van der Waals surface area contributed by atoms with Crippen molar-refractivity contribution < 1.29 is 4.79 Å². The second kappa shape index (κ2) is 7.79. The number of H-pyrrole nitrogens is 1. The van der Waals surface area contributed by atoms with Crippen LogP contribution in [0.25, 0.3) is 22.6 Å². The maximum atomic E-state index is 12.2. The lowest BCUT2D eigenvalue weighted by molar-refractivity contribution is -0.108. The quantitative estimate of drug-likeness (QED) is 0.380. The molecule has 142 valence electrons. The summed E-state index contributed by atoms with van der Waals surface area (Å²) in [5.41, 5.74) is 2.67. The molecule has 0 aliphatic carbocycles. The van der Waals surface area contributed by atoms with Crippen LogP contribution in [0.2, 0.25) is 0 Å². The van der Waals surface area contributed by atoms with Crippen molar-refractivity contribution in [2.75, 3.05) is 20.1 Å². The number of nitrogens with one attached hydrogen (secondary N) is 1. The number of aromatic amines is 1. The van der Waals surface area contributed by atoms with Gasteiger partial charge in [0.05, 0.1) is 11.0 Å². The number of rotatable bonds is 7. The molecule has 0 saturated carbocycles. The number of hydrogen-bond donors (Lipinski definition) is 1. The molecule has 0 unspecified atom stereocenters. The second-order valence-electron chi connectivity index (χ2n) is 6.84. The number of aromatic nitrogens is 4. The van der Waals surface area contributed by atoms with Crippen molar-refractivity contribution in [2.45, 2.75) is 33.2 Å². The summed E-state index contributed by atoms with van der Waals surface area (Å²) in [5, 5.41) is 0. The van der Waals surface area contributed by atoms with Crippen LogP contribution >= 0.6 is 0 Å². The zero-order valence-electron chi connectivity index (χ0n) is 15.8. The summed E-state index contributed by atoms with van der Waals surface area (Å²) in [6, 6.07) is 3.95. The Balaban J connectivity index is 2.09. The first-order valence-electron chi connectivity index (χ1n) is 8.94. The van der Waals surface area contributed by atoms with Gasteiger partial charge in [0.1, 0.15) is 6.29 Å². The van der Waals surface area contributed by atoms with E-state index in [1.165, 1.54) is 0 Å². The van der Waals surface area contributed by atoms with E-state index < -0.39 is 11.2 Å². The zero-order chi connectivity index (χ0) is 19.6. The van der Waals surface area contributed by atoms with E-state index >= 15 is 0 Å². The third kappa shape index (κ3) is 3.95. The minimum atomic E-state index is -0.675. The number of hydrogen-bond acceptors (Lipinski definition) is 6. The van der Waals surface area contributed by atoms with E-state index in [1.54, 1.807) is 0 Å². The van der Waals surface area contributed by atoms with Crippen LogP contribution in [0.3, 0.4) is 0 Å². The highest BCUT2D eigenvalue weighted by Gasteiger charge is 2.19. The first-order chi connectivity index (χ1) is 12.9. The van der Waals surface area contributed by atoms with Gasteiger partial charge in [0.15, 0.2) is 11.5 Å². The number of likely N-dealkylation sites (N-methyl/N-ethyl adjacent to an activating group) is 1. The van der Waals surface area contributed by atoms with Gasteiger partial charge in [-0.05, 0) is 57.1 Å². The van der Waals surface area contributed by atoms with E-state index in [2.05, 4.69) is 19.9 Å². The standard InChI is InChI=1S/C19H23N5O3/c1-12-10-14-15(11-13(12)2)24(8-7-23(3)6-4-5-9-25)17-16(20-14)18(26)22-19(27)21-17/h9-11H,4-8H2,1-3H3,(H,22,26,27). The molecule has 1 aromatic rings. The largest absolute Gasteiger partial charge is 0.349 e. The van der Waals surface area contributed by atoms with Crippen molar-refractivity contribution in [3.63, 3.8) is 0 Å². The van der Waals surface area contributed by atoms with Gasteiger partial charge in [-0.15, -0.1) is 0 Å². The molecule has 2 aliphatic heterocycles. The van der Waals surface area contributed by atoms with Gasteiger partial charge < -0.3 is 14.3 Å². The number of carbonyl (C=O) groups is 1. The summed E-state index contributed by atoms with van der Waals surface area (Å²) in [4.78, 5) is 47.3. The predicted molar refractivity (Wildman–Crippen MR) is 103 cm³/mol. The van der Waals surface area contributed by atoms with Crippen LogP contribution in [0.4, 0.5) is 0 Å². The van der Waals surface area contributed by atoms with E-state index in [0.717, 1.165) is 35.9 Å². The molecule has 0 amide bonds. The molecule has 0 bridgehead atoms. The van der Waals surface area contributed by atoms with Crippen molar-refractivity contribution in [3.8, 4) is 11.5 Å². The Morgan fingerprint density at radius 3 is 2.63 bits per heavy atom. The highest BCUT2D eigenvalue weighted by Crippen LogP contribution is 2.23. The number of unbranched alkanes of at least 4 members (excludes halogenated alkanes) is 1. The molecule has 1 N–H and O–H groups in total. The van der Waals surface area contributed by atoms with E-state index in [9.17, 15) is 14.4 Å². The smallest absolute Gasteiger partial charge is 0.321 e. The molecule has 3 rings (SSSR count). The number of nitrogens with zero attached hydrogens (tertiary/aromatic N) is 4. The maximum Gasteiger partial charge on any atom is 0.349 e. The second-order valence-corrected chi connectivity index (χ2v) is 6.84. The van der Waals surface area contributed by atoms with Crippen LogP contribution in [-0.2, 0) is 11.3 Å². The topological polar surface area (TPSA) is 101 Å². The SMILES string of the molecule is Cc1cc2nc3c(=O)[nH]c(=O)nc-3n(CCN(C)CCCC=O)c2cc1C. The number of fused-ring (bicyclic) bond motifs is 2. The average molecular weight is 369 g/mol. The van der Waals surface area contributed by atoms with Gasteiger partial charge in [0, 0.05) is 19.5 Å². The molecular weight excluding hydrogens is 346 g/mol. The number of carbonyl (C=O) groups excluding carboxylic acids is 1. The lowest BCUT2D eigenvalue weighted by Gasteiger charge is -2.21. The van der Waals surface area contributed by atoms with Crippen LogP contribution in [0.1, 0.15) is 24.0 Å². The lowest BCUT2D eigenvalue weighted by atomic mass is 10.1. The summed E-state index contributed by atoms with van der Waals surface area (Å²) in [7, 11) is 1.98. The van der Waals surface area contributed by atoms with E-state index in [1.807, 2.05) is 37.6 Å². The molecule has 0 atom stereocenters. The number of aldehydes is 1. The van der Waals surface area contributed by atoms with Gasteiger partial charge in [0.25, 0.3) is 5.56 Å². The fourth-order valence-corrected chi connectivity index (χ4v) is 3.10. The fourth-order valence-electron chi connectivity index (χ4n) is 3.10. The molecule has 0 fully saturated rings. The molecule has 0 saturated heterocycles. The van der Waals surface area contributed by atoms with Gasteiger partial charge in [-0.2, -0.15) is 4.98 Å². The molecule has 8 nitrogen and oxygen atoms in total. The summed E-state index contributed by atoms with van der Waals surface area (Å²) in [5.74, 6) is 0.292. The predicted octanol–water partition coefficient (Wildman–Crippen LogP) is 1.11. The Kier molecular flexibility index (Phi) is 5.46. The summed E-state index contributed by atoms with van der Waals surface area (Å²) < 4.78 is 1.89. The van der Waals surface area contributed by atoms with Crippen LogP contribution in [0.15, 0.2) is 21.7 Å². The van der Waals surface area contributed by atoms with Crippen molar-refractivity contribution in [3.05, 3.63) is 44.1 Å². The van der Waals surface area contributed by atoms with Gasteiger partial charge in [0.2, 0.25) is 0 Å². The van der Waals surface area contributed by atoms with Crippen LogP contribution in [0, 0.1) is 13.8 Å². The highest BCUT2D eigenvalue weighted by molar-refractivity contribution is 5.81. The fraction of sp³-hybridized carbons (Fsp3) is 0.421. The first kappa shape index (κ1) is 18.9. The minimum Gasteiger partial charge on any atom is -0.321 e. The Morgan fingerprint density at radius 2 is 1.89 bits per heavy atom. The number of benzene rings is 1. The van der Waals surface area contributed by atoms with Crippen molar-refractivity contribution in [2.24, 2.45) is 0 Å². The molecule has 0 spiro atoms. The van der Waals surface area contributed by atoms with Crippen molar-refractivity contribution in [1.29, 1.82) is 0 Å². The minimum absolute atomic E-state index is 0.161. The van der Waals surface area contributed by atoms with Crippen molar-refractivity contribution in [1.82, 2.24) is 24.4 Å². The Bertz CT molecular complexity index is 1070. The zero-order valence-corrected chi connectivity index (χ0v) is 15.8. The molecule has 0 aromatic heterocycles. The molecule has 1 aromatic carbocycles. The summed E-state index contributed by atoms with van der Waals surface area (Å²) >= 11 is 0. The molecular formula is C19H23N5O3. The average Bonchev–Trinajstić information content (AvgIpc) is 2.61. The molecule has 0 radical (unpaired) electrons. The lowest BCUT2D eigenvalue weighted by Crippen LogP contribution is -2.31. The Hall–Kier alpha value is -2.87. The van der Waals surface area contributed by atoms with Gasteiger partial charge in [-0.3, -0.25) is 9.78 Å². The molecule has 2 aliphatic rings. The Labute approximate surface area is 156 Å². The van der Waals surface area contributed by atoms with Gasteiger partial charge >= 0.3 is 5.69 Å². The van der Waals surface area contributed by atoms with Gasteiger partial charge in [-0.1, -0.05) is 0 Å². The van der Waals surface area contributed by atoms with Crippen LogP contribution < -0.4 is 11.2 Å². The van der Waals surface area contributed by atoms with Crippen LogP contribution in [-0.4, -0.2) is 50.8 Å². The number of aryl methyl sites for hydroxylation is 2. The van der Waals surface area contributed by atoms with Gasteiger partial charge in [-0.25, -0.2) is 9.78 Å². The van der Waals surface area contributed by atoms with E-state index in [4.69, 9.17) is 0 Å². The van der Waals surface area contributed by atoms with E-state index in [0.29, 0.717) is 30.9 Å². The molecule has 27 heavy (non-hydrogen) atoms. The van der Waals surface area contributed by atoms with Crippen molar-refractivity contribution >= 4 is 17.3 Å².